The van der Waals surface area contributed by atoms with Crippen molar-refractivity contribution in [1.82, 2.24) is 18.8 Å². The molecule has 1 aliphatic rings. The van der Waals surface area contributed by atoms with Gasteiger partial charge in [0.25, 0.3) is 10.0 Å². The fraction of sp³-hybridized carbons (Fsp3) is 0.467. The molecule has 3 heterocycles. The third kappa shape index (κ3) is 2.91. The summed E-state index contributed by atoms with van der Waals surface area (Å²) in [6, 6.07) is 4.12. The Morgan fingerprint density at radius 1 is 1.23 bits per heavy atom. The Morgan fingerprint density at radius 2 is 1.95 bits per heavy atom. The van der Waals surface area contributed by atoms with Crippen LogP contribution < -0.4 is 0 Å². The minimum Gasteiger partial charge on any atom is -0.339 e. The van der Waals surface area contributed by atoms with Crippen LogP contribution in [0.4, 0.5) is 0 Å². The van der Waals surface area contributed by atoms with E-state index < -0.39 is 10.0 Å². The minimum atomic E-state index is -3.47. The van der Waals surface area contributed by atoms with Gasteiger partial charge in [0.05, 0.1) is 6.33 Å². The van der Waals surface area contributed by atoms with E-state index in [1.54, 1.807) is 22.1 Å². The Balaban J connectivity index is 1.72. The van der Waals surface area contributed by atoms with Crippen LogP contribution in [0.5, 0.6) is 0 Å². The summed E-state index contributed by atoms with van der Waals surface area (Å²) in [6.45, 7) is 3.04. The van der Waals surface area contributed by atoms with E-state index in [1.807, 2.05) is 19.2 Å². The van der Waals surface area contributed by atoms with Crippen LogP contribution in [0.1, 0.15) is 30.0 Å². The highest BCUT2D eigenvalue weighted by molar-refractivity contribution is 7.89. The molecule has 0 aliphatic carbocycles. The van der Waals surface area contributed by atoms with Gasteiger partial charge in [-0.1, -0.05) is 0 Å². The van der Waals surface area contributed by atoms with Crippen LogP contribution in [0, 0.1) is 6.92 Å². The van der Waals surface area contributed by atoms with Crippen molar-refractivity contribution in [3.8, 4) is 0 Å². The number of sulfonamides is 1. The number of imidazole rings is 1. The zero-order valence-corrected chi connectivity index (χ0v) is 13.6. The molecule has 1 saturated heterocycles. The van der Waals surface area contributed by atoms with E-state index in [2.05, 4.69) is 16.0 Å². The van der Waals surface area contributed by atoms with Gasteiger partial charge < -0.3 is 4.57 Å². The first kappa shape index (κ1) is 15.2. The second kappa shape index (κ2) is 5.81. The normalized spacial score (nSPS) is 17.7. The molecule has 0 amide bonds. The summed E-state index contributed by atoms with van der Waals surface area (Å²) in [6.07, 6.45) is 6.54. The summed E-state index contributed by atoms with van der Waals surface area (Å²) in [5, 5.41) is 0.133. The molecule has 118 valence electrons. The standard InChI is InChI=1S/C15H20N4O2S/c1-12-9-14(3-6-16-12)13-4-7-19(8-5-13)22(20,21)15-10-18(2)11-17-15/h3,6,9-11,13H,4-5,7-8H2,1-2H3. The van der Waals surface area contributed by atoms with Crippen LogP contribution in [0.25, 0.3) is 0 Å². The highest BCUT2D eigenvalue weighted by atomic mass is 32.2. The van der Waals surface area contributed by atoms with E-state index in [4.69, 9.17) is 0 Å². The number of rotatable bonds is 3. The van der Waals surface area contributed by atoms with Crippen LogP contribution in [0.2, 0.25) is 0 Å². The first-order chi connectivity index (χ1) is 10.5. The molecule has 1 aliphatic heterocycles. The molecule has 0 radical (unpaired) electrons. The molecular weight excluding hydrogens is 300 g/mol. The van der Waals surface area contributed by atoms with E-state index in [9.17, 15) is 8.42 Å². The first-order valence-corrected chi connectivity index (χ1v) is 8.81. The van der Waals surface area contributed by atoms with Crippen LogP contribution in [-0.4, -0.2) is 40.3 Å². The van der Waals surface area contributed by atoms with Gasteiger partial charge in [0, 0.05) is 38.2 Å². The van der Waals surface area contributed by atoms with Crippen molar-refractivity contribution in [3.63, 3.8) is 0 Å². The zero-order chi connectivity index (χ0) is 15.7. The number of aromatic nitrogens is 3. The van der Waals surface area contributed by atoms with Gasteiger partial charge in [-0.3, -0.25) is 4.98 Å². The van der Waals surface area contributed by atoms with Gasteiger partial charge in [0.15, 0.2) is 5.03 Å². The lowest BCUT2D eigenvalue weighted by Gasteiger charge is -2.30. The number of aryl methyl sites for hydroxylation is 2. The molecule has 0 saturated carbocycles. The maximum Gasteiger partial charge on any atom is 0.262 e. The lowest BCUT2D eigenvalue weighted by atomic mass is 9.90. The summed E-state index contributed by atoms with van der Waals surface area (Å²) < 4.78 is 28.3. The average molecular weight is 320 g/mol. The maximum absolute atomic E-state index is 12.5. The molecule has 0 N–H and O–H groups in total. The Hall–Kier alpha value is -1.73. The van der Waals surface area contributed by atoms with E-state index in [1.165, 1.54) is 11.9 Å². The average Bonchev–Trinajstić information content (AvgIpc) is 2.95. The van der Waals surface area contributed by atoms with Crippen LogP contribution in [0.3, 0.4) is 0 Å². The molecule has 6 nitrogen and oxygen atoms in total. The summed E-state index contributed by atoms with van der Waals surface area (Å²) in [7, 11) is -1.70. The van der Waals surface area contributed by atoms with Gasteiger partial charge in [0.2, 0.25) is 0 Å². The Kier molecular flexibility index (Phi) is 4.01. The lowest BCUT2D eigenvalue weighted by Crippen LogP contribution is -2.38. The highest BCUT2D eigenvalue weighted by Crippen LogP contribution is 2.30. The molecule has 1 fully saturated rings. The molecule has 22 heavy (non-hydrogen) atoms. The second-order valence-electron chi connectivity index (χ2n) is 5.79. The first-order valence-electron chi connectivity index (χ1n) is 7.37. The maximum atomic E-state index is 12.5. The second-order valence-corrected chi connectivity index (χ2v) is 7.67. The molecule has 0 bridgehead atoms. The van der Waals surface area contributed by atoms with Crippen LogP contribution in [-0.2, 0) is 17.1 Å². The van der Waals surface area contributed by atoms with Crippen molar-refractivity contribution >= 4 is 10.0 Å². The van der Waals surface area contributed by atoms with Crippen LogP contribution in [0.15, 0.2) is 35.9 Å². The van der Waals surface area contributed by atoms with E-state index in [0.717, 1.165) is 18.5 Å². The fourth-order valence-corrected chi connectivity index (χ4v) is 4.34. The van der Waals surface area contributed by atoms with Gasteiger partial charge in [-0.05, 0) is 43.4 Å². The van der Waals surface area contributed by atoms with Crippen molar-refractivity contribution < 1.29 is 8.42 Å². The molecule has 2 aromatic rings. The largest absolute Gasteiger partial charge is 0.339 e. The summed E-state index contributed by atoms with van der Waals surface area (Å²) in [5.41, 5.74) is 2.25. The molecule has 7 heteroatoms. The Labute approximate surface area is 130 Å². The fourth-order valence-electron chi connectivity index (χ4n) is 2.91. The van der Waals surface area contributed by atoms with Crippen molar-refractivity contribution in [2.24, 2.45) is 7.05 Å². The highest BCUT2D eigenvalue weighted by Gasteiger charge is 2.31. The van der Waals surface area contributed by atoms with Crippen molar-refractivity contribution in [2.45, 2.75) is 30.7 Å². The SMILES string of the molecule is Cc1cc(C2CCN(S(=O)(=O)c3cn(C)cn3)CC2)ccn1. The topological polar surface area (TPSA) is 68.1 Å². The van der Waals surface area contributed by atoms with Gasteiger partial charge >= 0.3 is 0 Å². The Bertz CT molecular complexity index is 761. The number of hydrogen-bond acceptors (Lipinski definition) is 4. The monoisotopic (exact) mass is 320 g/mol. The molecule has 3 rings (SSSR count). The summed E-state index contributed by atoms with van der Waals surface area (Å²) in [5.74, 6) is 0.400. The molecule has 2 aromatic heterocycles. The molecular formula is C15H20N4O2S. The van der Waals surface area contributed by atoms with Gasteiger partial charge in [0.1, 0.15) is 0 Å². The predicted molar refractivity (Wildman–Crippen MR) is 82.9 cm³/mol. The van der Waals surface area contributed by atoms with Crippen molar-refractivity contribution in [3.05, 3.63) is 42.1 Å². The van der Waals surface area contributed by atoms with Gasteiger partial charge in [-0.2, -0.15) is 4.31 Å². The smallest absolute Gasteiger partial charge is 0.262 e. The van der Waals surface area contributed by atoms with Crippen molar-refractivity contribution in [2.75, 3.05) is 13.1 Å². The summed E-state index contributed by atoms with van der Waals surface area (Å²) in [4.78, 5) is 8.19. The quantitative estimate of drug-likeness (QED) is 0.863. The molecule has 0 aromatic carbocycles. The third-order valence-corrected chi connectivity index (χ3v) is 5.92. The minimum absolute atomic E-state index is 0.133. The van der Waals surface area contributed by atoms with Crippen molar-refractivity contribution in [1.29, 1.82) is 0 Å². The van der Waals surface area contributed by atoms with Crippen LogP contribution >= 0.6 is 0 Å². The number of piperidine rings is 1. The van der Waals surface area contributed by atoms with E-state index in [-0.39, 0.29) is 5.03 Å². The number of hydrogen-bond donors (Lipinski definition) is 0. The van der Waals surface area contributed by atoms with Gasteiger partial charge in [-0.25, -0.2) is 13.4 Å². The van der Waals surface area contributed by atoms with Gasteiger partial charge in [-0.15, -0.1) is 0 Å². The Morgan fingerprint density at radius 3 is 2.55 bits per heavy atom. The number of pyridine rings is 1. The summed E-state index contributed by atoms with van der Waals surface area (Å²) >= 11 is 0. The molecule has 0 atom stereocenters. The molecule has 0 unspecified atom stereocenters. The zero-order valence-electron chi connectivity index (χ0n) is 12.8. The van der Waals surface area contributed by atoms with E-state index >= 15 is 0 Å². The predicted octanol–water partition coefficient (Wildman–Crippen LogP) is 1.69. The number of nitrogens with zero attached hydrogens (tertiary/aromatic N) is 4. The lowest BCUT2D eigenvalue weighted by molar-refractivity contribution is 0.318. The molecule has 0 spiro atoms. The van der Waals surface area contributed by atoms with E-state index in [0.29, 0.717) is 19.0 Å². The third-order valence-electron chi connectivity index (χ3n) is 4.13.